The molecule has 1 atom stereocenters. The molecule has 0 aliphatic heterocycles. The summed E-state index contributed by atoms with van der Waals surface area (Å²) in [6.07, 6.45) is 0.902. The molecule has 0 spiro atoms. The van der Waals surface area contributed by atoms with E-state index in [4.69, 9.17) is 9.47 Å². The fourth-order valence-corrected chi connectivity index (χ4v) is 2.70. The monoisotopic (exact) mass is 412 g/mol. The fraction of sp³-hybridized carbons (Fsp3) is 0.391. The van der Waals surface area contributed by atoms with Crippen LogP contribution in [-0.4, -0.2) is 38.7 Å². The molecule has 2 aromatic carbocycles. The first kappa shape index (κ1) is 23.1. The third-order valence-corrected chi connectivity index (χ3v) is 4.62. The minimum absolute atomic E-state index is 0.0529. The first-order valence-corrected chi connectivity index (χ1v) is 10.2. The van der Waals surface area contributed by atoms with Crippen molar-refractivity contribution in [3.8, 4) is 11.5 Å². The van der Waals surface area contributed by atoms with Crippen LogP contribution in [0.25, 0.3) is 0 Å². The number of amides is 1. The second kappa shape index (κ2) is 11.7. The first-order chi connectivity index (χ1) is 14.5. The second-order valence-corrected chi connectivity index (χ2v) is 6.87. The third-order valence-electron chi connectivity index (χ3n) is 4.62. The van der Waals surface area contributed by atoms with Gasteiger partial charge in [-0.25, -0.2) is 4.99 Å². The van der Waals surface area contributed by atoms with E-state index in [1.165, 1.54) is 0 Å². The Kier molecular flexibility index (Phi) is 9.00. The van der Waals surface area contributed by atoms with E-state index in [2.05, 4.69) is 20.9 Å². The lowest BCUT2D eigenvalue weighted by Crippen LogP contribution is -2.31. The molecule has 7 heteroatoms. The van der Waals surface area contributed by atoms with Crippen molar-refractivity contribution in [1.82, 2.24) is 10.6 Å². The SMILES string of the molecule is CCNC(=NCc1ccc(C(=O)NC(C)CC)cc1)Nc1ccc(OC)c(OC)c1. The molecule has 0 fully saturated rings. The van der Waals surface area contributed by atoms with Crippen molar-refractivity contribution in [1.29, 1.82) is 0 Å². The van der Waals surface area contributed by atoms with E-state index in [-0.39, 0.29) is 11.9 Å². The van der Waals surface area contributed by atoms with Gasteiger partial charge in [0.05, 0.1) is 20.8 Å². The Hall–Kier alpha value is -3.22. The zero-order valence-electron chi connectivity index (χ0n) is 18.4. The molecule has 0 radical (unpaired) electrons. The third kappa shape index (κ3) is 6.69. The number of methoxy groups -OCH3 is 2. The van der Waals surface area contributed by atoms with Crippen molar-refractivity contribution >= 4 is 17.6 Å². The Balaban J connectivity index is 2.06. The van der Waals surface area contributed by atoms with Crippen LogP contribution in [-0.2, 0) is 6.54 Å². The van der Waals surface area contributed by atoms with E-state index < -0.39 is 0 Å². The Morgan fingerprint density at radius 1 is 1.03 bits per heavy atom. The van der Waals surface area contributed by atoms with Crippen LogP contribution in [0.2, 0.25) is 0 Å². The molecule has 1 unspecified atom stereocenters. The van der Waals surface area contributed by atoms with Gasteiger partial charge in [-0.1, -0.05) is 19.1 Å². The van der Waals surface area contributed by atoms with Crippen molar-refractivity contribution in [3.05, 3.63) is 53.6 Å². The van der Waals surface area contributed by atoms with E-state index in [0.29, 0.717) is 29.6 Å². The maximum atomic E-state index is 12.2. The Morgan fingerprint density at radius 3 is 2.33 bits per heavy atom. The number of ether oxygens (including phenoxy) is 2. The standard InChI is InChI=1S/C23H32N4O3/c1-6-16(3)26-22(28)18-10-8-17(9-11-18)15-25-23(24-7-2)27-19-12-13-20(29-4)21(14-19)30-5/h8-14,16H,6-7,15H2,1-5H3,(H,26,28)(H2,24,25,27). The van der Waals surface area contributed by atoms with Gasteiger partial charge in [-0.2, -0.15) is 0 Å². The van der Waals surface area contributed by atoms with Crippen molar-refractivity contribution < 1.29 is 14.3 Å². The number of benzene rings is 2. The Morgan fingerprint density at radius 2 is 1.73 bits per heavy atom. The van der Waals surface area contributed by atoms with Crippen molar-refractivity contribution in [2.75, 3.05) is 26.1 Å². The molecule has 3 N–H and O–H groups in total. The van der Waals surface area contributed by atoms with Crippen LogP contribution in [0.4, 0.5) is 5.69 Å². The highest BCUT2D eigenvalue weighted by Crippen LogP contribution is 2.29. The number of nitrogens with one attached hydrogen (secondary N) is 3. The summed E-state index contributed by atoms with van der Waals surface area (Å²) in [5.74, 6) is 1.92. The average Bonchev–Trinajstić information content (AvgIpc) is 2.77. The van der Waals surface area contributed by atoms with Gasteiger partial charge < -0.3 is 25.4 Å². The molecule has 0 heterocycles. The largest absolute Gasteiger partial charge is 0.493 e. The highest BCUT2D eigenvalue weighted by Gasteiger charge is 2.09. The van der Waals surface area contributed by atoms with Crippen molar-refractivity contribution in [3.63, 3.8) is 0 Å². The quantitative estimate of drug-likeness (QED) is 0.431. The number of carbonyl (C=O) groups is 1. The number of rotatable bonds is 9. The van der Waals surface area contributed by atoms with Crippen LogP contribution in [0.5, 0.6) is 11.5 Å². The van der Waals surface area contributed by atoms with E-state index in [1.54, 1.807) is 14.2 Å². The summed E-state index contributed by atoms with van der Waals surface area (Å²) in [6, 6.07) is 13.3. The highest BCUT2D eigenvalue weighted by atomic mass is 16.5. The van der Waals surface area contributed by atoms with E-state index in [0.717, 1.165) is 24.2 Å². The predicted octanol–water partition coefficient (Wildman–Crippen LogP) is 3.81. The van der Waals surface area contributed by atoms with Gasteiger partial charge in [-0.3, -0.25) is 4.79 Å². The molecule has 2 aromatic rings. The van der Waals surface area contributed by atoms with Crippen LogP contribution in [0.15, 0.2) is 47.5 Å². The molecule has 7 nitrogen and oxygen atoms in total. The summed E-state index contributed by atoms with van der Waals surface area (Å²) in [4.78, 5) is 16.8. The lowest BCUT2D eigenvalue weighted by molar-refractivity contribution is 0.0939. The number of carbonyl (C=O) groups excluding carboxylic acids is 1. The number of hydrogen-bond donors (Lipinski definition) is 3. The molecule has 0 saturated carbocycles. The molecule has 1 amide bonds. The van der Waals surface area contributed by atoms with Crippen molar-refractivity contribution in [2.45, 2.75) is 39.8 Å². The van der Waals surface area contributed by atoms with Crippen molar-refractivity contribution in [2.24, 2.45) is 4.99 Å². The Labute approximate surface area is 178 Å². The second-order valence-electron chi connectivity index (χ2n) is 6.87. The Bertz CT molecular complexity index is 850. The van der Waals surface area contributed by atoms with E-state index >= 15 is 0 Å². The molecule has 0 aliphatic carbocycles. The molecular weight excluding hydrogens is 380 g/mol. The number of hydrogen-bond acceptors (Lipinski definition) is 4. The average molecular weight is 413 g/mol. The summed E-state index contributed by atoms with van der Waals surface area (Å²) in [5, 5.41) is 9.47. The lowest BCUT2D eigenvalue weighted by Gasteiger charge is -2.14. The highest BCUT2D eigenvalue weighted by molar-refractivity contribution is 5.95. The molecule has 0 saturated heterocycles. The molecule has 162 valence electrons. The summed E-state index contributed by atoms with van der Waals surface area (Å²) >= 11 is 0. The van der Waals surface area contributed by atoms with Gasteiger partial charge in [0.1, 0.15) is 0 Å². The maximum absolute atomic E-state index is 12.2. The summed E-state index contributed by atoms with van der Waals surface area (Å²) in [6.45, 7) is 7.26. The molecular formula is C23H32N4O3. The molecule has 0 aromatic heterocycles. The zero-order chi connectivity index (χ0) is 21.9. The number of anilines is 1. The van der Waals surface area contributed by atoms with Gasteiger partial charge in [0, 0.05) is 29.9 Å². The fourth-order valence-electron chi connectivity index (χ4n) is 2.70. The van der Waals surface area contributed by atoms with E-state index in [1.807, 2.05) is 63.2 Å². The summed E-state index contributed by atoms with van der Waals surface area (Å²) < 4.78 is 10.6. The van der Waals surface area contributed by atoms with Gasteiger partial charge in [-0.05, 0) is 50.1 Å². The van der Waals surface area contributed by atoms with Gasteiger partial charge in [0.2, 0.25) is 0 Å². The smallest absolute Gasteiger partial charge is 0.251 e. The van der Waals surface area contributed by atoms with Crippen LogP contribution < -0.4 is 25.4 Å². The van der Waals surface area contributed by atoms with Gasteiger partial charge >= 0.3 is 0 Å². The topological polar surface area (TPSA) is 84.0 Å². The van der Waals surface area contributed by atoms with Gasteiger partial charge in [0.25, 0.3) is 5.91 Å². The molecule has 30 heavy (non-hydrogen) atoms. The van der Waals surface area contributed by atoms with Crippen LogP contribution in [0.1, 0.15) is 43.1 Å². The van der Waals surface area contributed by atoms with Gasteiger partial charge in [-0.15, -0.1) is 0 Å². The minimum Gasteiger partial charge on any atom is -0.493 e. The minimum atomic E-state index is -0.0529. The molecule has 2 rings (SSSR count). The van der Waals surface area contributed by atoms with Crippen LogP contribution in [0, 0.1) is 0 Å². The first-order valence-electron chi connectivity index (χ1n) is 10.2. The normalized spacial score (nSPS) is 12.1. The van der Waals surface area contributed by atoms with E-state index in [9.17, 15) is 4.79 Å². The predicted molar refractivity (Wildman–Crippen MR) is 122 cm³/mol. The van der Waals surface area contributed by atoms with Crippen LogP contribution in [0.3, 0.4) is 0 Å². The van der Waals surface area contributed by atoms with Gasteiger partial charge in [0.15, 0.2) is 17.5 Å². The molecule has 0 aliphatic rings. The summed E-state index contributed by atoms with van der Waals surface area (Å²) in [5.41, 5.74) is 2.50. The maximum Gasteiger partial charge on any atom is 0.251 e. The molecule has 0 bridgehead atoms. The number of guanidine groups is 1. The van der Waals surface area contributed by atoms with Crippen LogP contribution >= 0.6 is 0 Å². The zero-order valence-corrected chi connectivity index (χ0v) is 18.4. The number of aliphatic imine (C=N–C) groups is 1. The number of nitrogens with zero attached hydrogens (tertiary/aromatic N) is 1. The summed E-state index contributed by atoms with van der Waals surface area (Å²) in [7, 11) is 3.21. The lowest BCUT2D eigenvalue weighted by atomic mass is 10.1.